The summed E-state index contributed by atoms with van der Waals surface area (Å²) in [6.07, 6.45) is 2.55. The summed E-state index contributed by atoms with van der Waals surface area (Å²) in [6.45, 7) is 0. The number of carbonyl (C=O) groups excluding carboxylic acids is 2. The van der Waals surface area contributed by atoms with E-state index in [1.54, 1.807) is 24.3 Å². The molecule has 0 radical (unpaired) electrons. The number of benzene rings is 2. The molecule has 2 aromatic carbocycles. The van der Waals surface area contributed by atoms with Gasteiger partial charge in [-0.3, -0.25) is 14.9 Å². The Hall–Kier alpha value is -3.60. The molecule has 0 aliphatic carbocycles. The molecular formula is C18H14BrN5O5. The minimum Gasteiger partial charge on any atom is -0.467 e. The monoisotopic (exact) mass is 459 g/mol. The summed E-state index contributed by atoms with van der Waals surface area (Å²) in [6, 6.07) is 9.57. The summed E-state index contributed by atoms with van der Waals surface area (Å²) in [5, 5.41) is 17.9. The predicted molar refractivity (Wildman–Crippen MR) is 104 cm³/mol. The highest BCUT2D eigenvalue weighted by Crippen LogP contribution is 2.24. The number of rotatable bonds is 6. The molecule has 0 aliphatic rings. The third-order valence-corrected chi connectivity index (χ3v) is 4.54. The van der Waals surface area contributed by atoms with Crippen LogP contribution in [-0.4, -0.2) is 38.7 Å². The van der Waals surface area contributed by atoms with E-state index in [1.807, 2.05) is 0 Å². The second-order valence-electron chi connectivity index (χ2n) is 5.78. The van der Waals surface area contributed by atoms with E-state index < -0.39 is 22.8 Å². The van der Waals surface area contributed by atoms with Crippen LogP contribution in [0, 0.1) is 10.1 Å². The molecule has 1 unspecified atom stereocenters. The Morgan fingerprint density at radius 3 is 2.55 bits per heavy atom. The molecule has 0 fully saturated rings. The van der Waals surface area contributed by atoms with Gasteiger partial charge in [-0.15, -0.1) is 0 Å². The molecule has 0 bridgehead atoms. The third kappa shape index (κ3) is 4.46. The van der Waals surface area contributed by atoms with E-state index >= 15 is 0 Å². The predicted octanol–water partition coefficient (Wildman–Crippen LogP) is 2.58. The lowest BCUT2D eigenvalue weighted by Crippen LogP contribution is -2.34. The van der Waals surface area contributed by atoms with Gasteiger partial charge in [0.15, 0.2) is 6.04 Å². The number of nitro benzene ring substituents is 1. The van der Waals surface area contributed by atoms with Crippen molar-refractivity contribution in [3.63, 3.8) is 0 Å². The summed E-state index contributed by atoms with van der Waals surface area (Å²) in [5.74, 6) is -1.34. The average Bonchev–Trinajstić information content (AvgIpc) is 3.26. The quantitative estimate of drug-likeness (QED) is 0.340. The molecule has 1 heterocycles. The minimum atomic E-state index is -1.07. The molecule has 10 nitrogen and oxygen atoms in total. The number of carbonyl (C=O) groups is 2. The van der Waals surface area contributed by atoms with Gasteiger partial charge in [-0.05, 0) is 29.8 Å². The molecule has 3 rings (SSSR count). The number of halogens is 1. The van der Waals surface area contributed by atoms with Gasteiger partial charge in [-0.1, -0.05) is 28.1 Å². The lowest BCUT2D eigenvalue weighted by atomic mass is 10.1. The van der Waals surface area contributed by atoms with Crippen molar-refractivity contribution in [1.29, 1.82) is 0 Å². The van der Waals surface area contributed by atoms with Gasteiger partial charge in [0.1, 0.15) is 18.3 Å². The Kier molecular flexibility index (Phi) is 5.98. The molecule has 11 heteroatoms. The van der Waals surface area contributed by atoms with E-state index in [2.05, 4.69) is 31.3 Å². The number of nitrogens with zero attached hydrogens (tertiary/aromatic N) is 4. The largest absolute Gasteiger partial charge is 0.467 e. The van der Waals surface area contributed by atoms with Gasteiger partial charge in [0.25, 0.3) is 11.6 Å². The second kappa shape index (κ2) is 8.61. The zero-order chi connectivity index (χ0) is 21.0. The molecule has 148 valence electrons. The zero-order valence-corrected chi connectivity index (χ0v) is 16.6. The number of methoxy groups -OCH3 is 1. The Morgan fingerprint density at radius 2 is 1.97 bits per heavy atom. The third-order valence-electron chi connectivity index (χ3n) is 4.02. The Labute approximate surface area is 172 Å². The fourth-order valence-corrected chi connectivity index (χ4v) is 2.87. The van der Waals surface area contributed by atoms with Crippen LogP contribution in [0.15, 0.2) is 59.6 Å². The number of ether oxygens (including phenoxy) is 1. The van der Waals surface area contributed by atoms with Crippen molar-refractivity contribution in [3.8, 4) is 5.69 Å². The molecule has 0 saturated heterocycles. The standard InChI is InChI=1S/C18H14BrN5O5/c1-29-18(26)16(11-2-5-13(19)6-3-11)22-17(25)12-4-7-14(15(8-12)24(27)28)23-10-20-9-21-23/h2-10,16H,1H3,(H,22,25). The summed E-state index contributed by atoms with van der Waals surface area (Å²) in [5.41, 5.74) is 0.330. The molecular weight excluding hydrogens is 446 g/mol. The van der Waals surface area contributed by atoms with Gasteiger partial charge in [0.2, 0.25) is 0 Å². The molecule has 0 saturated carbocycles. The van der Waals surface area contributed by atoms with Crippen molar-refractivity contribution in [3.05, 3.63) is 80.8 Å². The van der Waals surface area contributed by atoms with E-state index in [0.717, 1.165) is 10.5 Å². The SMILES string of the molecule is COC(=O)C(NC(=O)c1ccc(-n2cncn2)c([N+](=O)[O-])c1)c1ccc(Br)cc1. The van der Waals surface area contributed by atoms with E-state index in [0.29, 0.717) is 5.56 Å². The minimum absolute atomic E-state index is 0.00609. The Morgan fingerprint density at radius 1 is 1.24 bits per heavy atom. The smallest absolute Gasteiger partial charge is 0.333 e. The first-order chi connectivity index (χ1) is 13.9. The number of aromatic nitrogens is 3. The zero-order valence-electron chi connectivity index (χ0n) is 15.0. The maximum absolute atomic E-state index is 12.7. The highest BCUT2D eigenvalue weighted by Gasteiger charge is 2.26. The number of esters is 1. The second-order valence-corrected chi connectivity index (χ2v) is 6.70. The van der Waals surface area contributed by atoms with Crippen LogP contribution in [0.2, 0.25) is 0 Å². The van der Waals surface area contributed by atoms with Crippen LogP contribution in [0.25, 0.3) is 5.69 Å². The number of nitrogens with one attached hydrogen (secondary N) is 1. The van der Waals surface area contributed by atoms with Gasteiger partial charge in [0, 0.05) is 16.1 Å². The average molecular weight is 460 g/mol. The van der Waals surface area contributed by atoms with Crippen LogP contribution < -0.4 is 5.32 Å². The number of hydrogen-bond acceptors (Lipinski definition) is 7. The van der Waals surface area contributed by atoms with E-state index in [1.165, 1.54) is 36.6 Å². The van der Waals surface area contributed by atoms with E-state index in [-0.39, 0.29) is 16.9 Å². The lowest BCUT2D eigenvalue weighted by Gasteiger charge is -2.17. The first-order valence-corrected chi connectivity index (χ1v) is 8.97. The van der Waals surface area contributed by atoms with Crippen LogP contribution in [-0.2, 0) is 9.53 Å². The molecule has 29 heavy (non-hydrogen) atoms. The molecule has 1 N–H and O–H groups in total. The molecule has 1 atom stereocenters. The number of nitro groups is 1. The summed E-state index contributed by atoms with van der Waals surface area (Å²) >= 11 is 3.30. The van der Waals surface area contributed by atoms with Crippen LogP contribution in [0.1, 0.15) is 22.0 Å². The first kappa shape index (κ1) is 20.1. The molecule has 0 spiro atoms. The van der Waals surface area contributed by atoms with Crippen LogP contribution in [0.4, 0.5) is 5.69 Å². The Bertz CT molecular complexity index is 1050. The normalized spacial score (nSPS) is 11.5. The number of hydrogen-bond donors (Lipinski definition) is 1. The number of amides is 1. The van der Waals surface area contributed by atoms with E-state index in [4.69, 9.17) is 4.74 Å². The maximum Gasteiger partial charge on any atom is 0.333 e. The van der Waals surface area contributed by atoms with Crippen LogP contribution in [0.3, 0.4) is 0 Å². The van der Waals surface area contributed by atoms with Crippen molar-refractivity contribution in [2.45, 2.75) is 6.04 Å². The summed E-state index contributed by atoms with van der Waals surface area (Å²) in [7, 11) is 1.21. The van der Waals surface area contributed by atoms with Crippen molar-refractivity contribution in [2.24, 2.45) is 0 Å². The van der Waals surface area contributed by atoms with Crippen molar-refractivity contribution in [1.82, 2.24) is 20.1 Å². The Balaban J connectivity index is 1.92. The van der Waals surface area contributed by atoms with Gasteiger partial charge < -0.3 is 10.1 Å². The van der Waals surface area contributed by atoms with Gasteiger partial charge in [-0.2, -0.15) is 5.10 Å². The van der Waals surface area contributed by atoms with Gasteiger partial charge in [0.05, 0.1) is 12.0 Å². The summed E-state index contributed by atoms with van der Waals surface area (Å²) in [4.78, 5) is 39.5. The highest BCUT2D eigenvalue weighted by atomic mass is 79.9. The molecule has 1 aromatic heterocycles. The fourth-order valence-electron chi connectivity index (χ4n) is 2.60. The first-order valence-electron chi connectivity index (χ1n) is 8.18. The summed E-state index contributed by atoms with van der Waals surface area (Å²) < 4.78 is 6.79. The van der Waals surface area contributed by atoms with Crippen LogP contribution in [0.5, 0.6) is 0 Å². The molecule has 1 amide bonds. The molecule has 0 aliphatic heterocycles. The van der Waals surface area contributed by atoms with Gasteiger partial charge >= 0.3 is 5.97 Å². The fraction of sp³-hybridized carbons (Fsp3) is 0.111. The molecule has 3 aromatic rings. The topological polar surface area (TPSA) is 129 Å². The lowest BCUT2D eigenvalue weighted by molar-refractivity contribution is -0.384. The van der Waals surface area contributed by atoms with Crippen molar-refractivity contribution < 1.29 is 19.2 Å². The van der Waals surface area contributed by atoms with Gasteiger partial charge in [-0.25, -0.2) is 14.5 Å². The van der Waals surface area contributed by atoms with Crippen LogP contribution >= 0.6 is 15.9 Å². The highest BCUT2D eigenvalue weighted by molar-refractivity contribution is 9.10. The van der Waals surface area contributed by atoms with Crippen molar-refractivity contribution in [2.75, 3.05) is 7.11 Å². The van der Waals surface area contributed by atoms with E-state index in [9.17, 15) is 19.7 Å². The van der Waals surface area contributed by atoms with Crippen molar-refractivity contribution >= 4 is 33.5 Å². The maximum atomic E-state index is 12.7.